The number of carboxylic acid groups (broad SMARTS) is 1. The molecule has 0 amide bonds. The van der Waals surface area contributed by atoms with E-state index in [1.807, 2.05) is 0 Å². The maximum absolute atomic E-state index is 16.7. The van der Waals surface area contributed by atoms with Gasteiger partial charge in [-0.25, -0.2) is 9.18 Å². The third kappa shape index (κ3) is 2.01. The molecule has 152 valence electrons. The third-order valence-electron chi connectivity index (χ3n) is 8.36. The molecule has 0 saturated heterocycles. The van der Waals surface area contributed by atoms with Gasteiger partial charge in [0.2, 0.25) is 0 Å². The molecule has 0 unspecified atom stereocenters. The summed E-state index contributed by atoms with van der Waals surface area (Å²) in [4.78, 5) is 35.4. The summed E-state index contributed by atoms with van der Waals surface area (Å²) in [6.07, 6.45) is 3.68. The van der Waals surface area contributed by atoms with Crippen LogP contribution >= 0.6 is 0 Å². The highest BCUT2D eigenvalue weighted by Crippen LogP contribution is 2.69. The Morgan fingerprint density at radius 3 is 2.54 bits per heavy atom. The van der Waals surface area contributed by atoms with Gasteiger partial charge in [0, 0.05) is 16.7 Å². The molecule has 7 heteroatoms. The zero-order valence-electron chi connectivity index (χ0n) is 15.9. The van der Waals surface area contributed by atoms with E-state index in [9.17, 15) is 29.7 Å². The predicted molar refractivity (Wildman–Crippen MR) is 95.9 cm³/mol. The second kappa shape index (κ2) is 5.60. The van der Waals surface area contributed by atoms with E-state index in [1.165, 1.54) is 18.2 Å². The molecule has 0 spiro atoms. The lowest BCUT2D eigenvalue weighted by atomic mass is 9.44. The van der Waals surface area contributed by atoms with E-state index < -0.39 is 51.8 Å². The van der Waals surface area contributed by atoms with Crippen LogP contribution in [0.2, 0.25) is 0 Å². The van der Waals surface area contributed by atoms with Gasteiger partial charge in [-0.2, -0.15) is 0 Å². The molecule has 3 fully saturated rings. The Morgan fingerprint density at radius 2 is 1.89 bits per heavy atom. The van der Waals surface area contributed by atoms with Crippen LogP contribution in [0.15, 0.2) is 23.8 Å². The summed E-state index contributed by atoms with van der Waals surface area (Å²) < 4.78 is 16.7. The van der Waals surface area contributed by atoms with Crippen molar-refractivity contribution in [3.63, 3.8) is 0 Å². The molecule has 0 aromatic carbocycles. The van der Waals surface area contributed by atoms with Gasteiger partial charge < -0.3 is 15.3 Å². The zero-order valence-corrected chi connectivity index (χ0v) is 15.9. The van der Waals surface area contributed by atoms with Crippen molar-refractivity contribution in [3.05, 3.63) is 23.8 Å². The molecule has 0 radical (unpaired) electrons. The molecule has 3 saturated carbocycles. The largest absolute Gasteiger partial charge is 0.475 e. The molecular weight excluding hydrogens is 367 g/mol. The maximum atomic E-state index is 16.7. The average Bonchev–Trinajstić information content (AvgIpc) is 2.88. The molecular formula is C21H25FO6. The molecule has 0 bridgehead atoms. The van der Waals surface area contributed by atoms with Gasteiger partial charge in [-0.1, -0.05) is 18.6 Å². The second-order valence-corrected chi connectivity index (χ2v) is 9.30. The van der Waals surface area contributed by atoms with Crippen molar-refractivity contribution in [3.8, 4) is 0 Å². The Morgan fingerprint density at radius 1 is 1.21 bits per heavy atom. The van der Waals surface area contributed by atoms with Crippen molar-refractivity contribution >= 4 is 17.5 Å². The summed E-state index contributed by atoms with van der Waals surface area (Å²) in [5, 5.41) is 31.3. The number of hydrogen-bond acceptors (Lipinski definition) is 5. The molecule has 0 aromatic rings. The zero-order chi connectivity index (χ0) is 20.7. The van der Waals surface area contributed by atoms with Crippen molar-refractivity contribution in [2.45, 2.75) is 63.3 Å². The molecule has 28 heavy (non-hydrogen) atoms. The first kappa shape index (κ1) is 19.5. The number of aliphatic hydroxyl groups is 2. The van der Waals surface area contributed by atoms with Crippen LogP contribution in [0, 0.1) is 22.7 Å². The minimum absolute atomic E-state index is 0.0632. The number of allylic oxidation sites excluding steroid dienone is 4. The lowest BCUT2D eigenvalue weighted by Crippen LogP contribution is -2.69. The Balaban J connectivity index is 1.81. The van der Waals surface area contributed by atoms with E-state index >= 15 is 4.39 Å². The SMILES string of the molecule is C[C@]12C=CC(=O)C=C1CC[C@H]1[C@@H]3CC[C@](O)(C(=O)C(=O)O)[C@@]3(C)C[C@H](O)[C@@]12F. The first-order valence-electron chi connectivity index (χ1n) is 9.73. The number of carbonyl (C=O) groups is 3. The van der Waals surface area contributed by atoms with Crippen LogP contribution in [0.1, 0.15) is 46.0 Å². The predicted octanol–water partition coefficient (Wildman–Crippen LogP) is 1.74. The van der Waals surface area contributed by atoms with Crippen molar-refractivity contribution in [1.82, 2.24) is 0 Å². The molecule has 4 aliphatic carbocycles. The van der Waals surface area contributed by atoms with E-state index in [4.69, 9.17) is 0 Å². The average molecular weight is 392 g/mol. The summed E-state index contributed by atoms with van der Waals surface area (Å²) >= 11 is 0. The number of rotatable bonds is 2. The van der Waals surface area contributed by atoms with Crippen molar-refractivity contribution < 1.29 is 34.1 Å². The number of aliphatic hydroxyl groups excluding tert-OH is 1. The van der Waals surface area contributed by atoms with Gasteiger partial charge in [0.05, 0.1) is 6.10 Å². The standard InChI is InChI=1S/C21H25FO6/c1-18-7-5-12(23)9-11(18)3-4-14-13-6-8-20(28,16(25)17(26)27)19(13,2)10-15(24)21(14,18)22/h5,7,9,13-15,24,28H,3-4,6,8,10H2,1-2H3,(H,26,27)/t13-,14-,15-,18-,19-,20-,21-/m0/s1. The number of halogens is 1. The number of fused-ring (bicyclic) bond motifs is 5. The van der Waals surface area contributed by atoms with Gasteiger partial charge in [-0.3, -0.25) is 9.59 Å². The first-order chi connectivity index (χ1) is 12.9. The Labute approximate surface area is 162 Å². The Hall–Kier alpha value is -1.86. The van der Waals surface area contributed by atoms with E-state index in [0.29, 0.717) is 24.8 Å². The number of aliphatic carboxylic acids is 1. The number of hydrogen-bond donors (Lipinski definition) is 3. The fourth-order valence-corrected chi connectivity index (χ4v) is 6.77. The summed E-state index contributed by atoms with van der Waals surface area (Å²) in [6, 6.07) is 0. The van der Waals surface area contributed by atoms with Crippen LogP contribution in [-0.4, -0.2) is 50.2 Å². The topological polar surface area (TPSA) is 112 Å². The summed E-state index contributed by atoms with van der Waals surface area (Å²) in [7, 11) is 0. The molecule has 0 aliphatic heterocycles. The Kier molecular flexibility index (Phi) is 3.89. The molecule has 3 N–H and O–H groups in total. The normalized spacial score (nSPS) is 49.7. The van der Waals surface area contributed by atoms with Crippen molar-refractivity contribution in [2.24, 2.45) is 22.7 Å². The summed E-state index contributed by atoms with van der Waals surface area (Å²) in [5.41, 5.74) is -5.91. The molecule has 4 aliphatic rings. The number of Topliss-reactive ketones (excluding diaryl/α,β-unsaturated/α-hetero) is 1. The second-order valence-electron chi connectivity index (χ2n) is 9.30. The lowest BCUT2D eigenvalue weighted by Gasteiger charge is -2.62. The summed E-state index contributed by atoms with van der Waals surface area (Å²) in [6.45, 7) is 3.28. The minimum atomic E-state index is -2.12. The van der Waals surface area contributed by atoms with Crippen LogP contribution in [0.25, 0.3) is 0 Å². The molecule has 4 rings (SSSR count). The monoisotopic (exact) mass is 392 g/mol. The number of carbonyl (C=O) groups excluding carboxylic acids is 2. The highest BCUT2D eigenvalue weighted by atomic mass is 19.1. The van der Waals surface area contributed by atoms with Crippen molar-refractivity contribution in [1.29, 1.82) is 0 Å². The van der Waals surface area contributed by atoms with Crippen LogP contribution in [0.4, 0.5) is 4.39 Å². The summed E-state index contributed by atoms with van der Waals surface area (Å²) in [5.74, 6) is -4.31. The minimum Gasteiger partial charge on any atom is -0.475 e. The van der Waals surface area contributed by atoms with Crippen molar-refractivity contribution in [2.75, 3.05) is 0 Å². The van der Waals surface area contributed by atoms with E-state index in [2.05, 4.69) is 0 Å². The van der Waals surface area contributed by atoms with E-state index in [-0.39, 0.29) is 18.6 Å². The third-order valence-corrected chi connectivity index (χ3v) is 8.36. The van der Waals surface area contributed by atoms with Gasteiger partial charge in [0.25, 0.3) is 5.78 Å². The van der Waals surface area contributed by atoms with E-state index in [1.54, 1.807) is 13.8 Å². The highest BCUT2D eigenvalue weighted by Gasteiger charge is 2.74. The maximum Gasteiger partial charge on any atom is 0.375 e. The number of ketones is 2. The number of carboxylic acids is 1. The van der Waals surface area contributed by atoms with Gasteiger partial charge in [0.15, 0.2) is 11.5 Å². The first-order valence-corrected chi connectivity index (χ1v) is 9.73. The Bertz CT molecular complexity index is 848. The highest BCUT2D eigenvalue weighted by molar-refractivity contribution is 6.36. The quantitative estimate of drug-likeness (QED) is 0.617. The van der Waals surface area contributed by atoms with Gasteiger partial charge in [-0.05, 0) is 57.1 Å². The van der Waals surface area contributed by atoms with Crippen LogP contribution in [-0.2, 0) is 14.4 Å². The van der Waals surface area contributed by atoms with E-state index in [0.717, 1.165) is 0 Å². The fourth-order valence-electron chi connectivity index (χ4n) is 6.77. The molecule has 0 heterocycles. The molecule has 0 aromatic heterocycles. The van der Waals surface area contributed by atoms with Crippen LogP contribution in [0.5, 0.6) is 0 Å². The number of alkyl halides is 1. The van der Waals surface area contributed by atoms with Gasteiger partial charge in [-0.15, -0.1) is 0 Å². The molecule has 7 atom stereocenters. The lowest BCUT2D eigenvalue weighted by molar-refractivity contribution is -0.217. The molecule has 6 nitrogen and oxygen atoms in total. The van der Waals surface area contributed by atoms with Gasteiger partial charge >= 0.3 is 5.97 Å². The van der Waals surface area contributed by atoms with Crippen LogP contribution in [0.3, 0.4) is 0 Å². The smallest absolute Gasteiger partial charge is 0.375 e. The van der Waals surface area contributed by atoms with Crippen LogP contribution < -0.4 is 0 Å². The van der Waals surface area contributed by atoms with Gasteiger partial charge in [0.1, 0.15) is 5.60 Å². The fraction of sp³-hybridized carbons (Fsp3) is 0.667.